The Kier molecular flexibility index (Phi) is 7.77. The van der Waals surface area contributed by atoms with Crippen LogP contribution in [0.15, 0.2) is 78.9 Å². The molecule has 0 spiro atoms. The van der Waals surface area contributed by atoms with Crippen LogP contribution in [0, 0.1) is 5.82 Å². The van der Waals surface area contributed by atoms with Gasteiger partial charge < -0.3 is 19.9 Å². The number of nitrogens with one attached hydrogen (secondary N) is 1. The quantitative estimate of drug-likeness (QED) is 0.509. The van der Waals surface area contributed by atoms with Crippen LogP contribution in [0.1, 0.15) is 34.5 Å². The number of hydrogen-bond acceptors (Lipinski definition) is 5. The predicted octanol–water partition coefficient (Wildman–Crippen LogP) is 3.83. The highest BCUT2D eigenvalue weighted by Crippen LogP contribution is 2.36. The zero-order valence-corrected chi connectivity index (χ0v) is 22.0. The molecule has 2 fully saturated rings. The van der Waals surface area contributed by atoms with E-state index in [0.717, 1.165) is 5.56 Å². The zero-order valence-electron chi connectivity index (χ0n) is 22.0. The van der Waals surface area contributed by atoms with Crippen molar-refractivity contribution in [1.29, 1.82) is 0 Å². The third-order valence-corrected chi connectivity index (χ3v) is 7.16. The predicted molar refractivity (Wildman–Crippen MR) is 145 cm³/mol. The Hall–Kier alpha value is -4.73. The normalized spacial score (nSPS) is 18.9. The number of amides is 4. The standard InChI is InChI=1S/C30H29FN4O5/c1-20(36)33-14-16-34(17-15-33)29(38)26-27(40-30(39)35(26)19-21-8-3-2-4-9-21)22-10-7-11-23(18-22)32-28(37)24-12-5-6-13-25(24)31/h2-13,18,26-27H,14-17,19H2,1H3,(H,32,37). The van der Waals surface area contributed by atoms with Gasteiger partial charge in [-0.05, 0) is 35.4 Å². The molecule has 2 unspecified atom stereocenters. The van der Waals surface area contributed by atoms with Gasteiger partial charge >= 0.3 is 6.09 Å². The average molecular weight is 545 g/mol. The molecule has 2 heterocycles. The molecule has 1 N–H and O–H groups in total. The fraction of sp³-hybridized carbons (Fsp3) is 0.267. The maximum absolute atomic E-state index is 14.1. The Bertz CT molecular complexity index is 1420. The maximum atomic E-state index is 14.1. The summed E-state index contributed by atoms with van der Waals surface area (Å²) in [4.78, 5) is 56.3. The second-order valence-electron chi connectivity index (χ2n) is 9.75. The first kappa shape index (κ1) is 26.9. The molecular weight excluding hydrogens is 515 g/mol. The lowest BCUT2D eigenvalue weighted by Crippen LogP contribution is -2.55. The molecule has 2 aliphatic heterocycles. The van der Waals surface area contributed by atoms with Crippen molar-refractivity contribution >= 4 is 29.5 Å². The lowest BCUT2D eigenvalue weighted by Gasteiger charge is -2.37. The summed E-state index contributed by atoms with van der Waals surface area (Å²) in [6, 6.07) is 20.7. The highest BCUT2D eigenvalue weighted by atomic mass is 19.1. The lowest BCUT2D eigenvalue weighted by atomic mass is 9.99. The molecule has 2 atom stereocenters. The van der Waals surface area contributed by atoms with Crippen LogP contribution in [0.25, 0.3) is 0 Å². The van der Waals surface area contributed by atoms with E-state index in [1.165, 1.54) is 30.0 Å². The van der Waals surface area contributed by atoms with E-state index in [1.54, 1.807) is 40.1 Å². The van der Waals surface area contributed by atoms with Crippen LogP contribution in [-0.2, 0) is 20.9 Å². The van der Waals surface area contributed by atoms with Crippen LogP contribution < -0.4 is 5.32 Å². The molecule has 9 nitrogen and oxygen atoms in total. The Balaban J connectivity index is 1.42. The van der Waals surface area contributed by atoms with E-state index in [4.69, 9.17) is 4.74 Å². The third kappa shape index (κ3) is 5.66. The van der Waals surface area contributed by atoms with Crippen LogP contribution in [0.4, 0.5) is 14.9 Å². The van der Waals surface area contributed by atoms with Crippen molar-refractivity contribution in [2.75, 3.05) is 31.5 Å². The Morgan fingerprint density at radius 3 is 2.27 bits per heavy atom. The van der Waals surface area contributed by atoms with Crippen LogP contribution in [-0.4, -0.2) is 70.7 Å². The lowest BCUT2D eigenvalue weighted by molar-refractivity contribution is -0.142. The third-order valence-electron chi connectivity index (χ3n) is 7.16. The SMILES string of the molecule is CC(=O)N1CCN(C(=O)C2C(c3cccc(NC(=O)c4ccccc4F)c3)OC(=O)N2Cc2ccccc2)CC1. The Labute approximate surface area is 231 Å². The molecule has 206 valence electrons. The summed E-state index contributed by atoms with van der Waals surface area (Å²) in [5.41, 5.74) is 1.61. The number of cyclic esters (lactones) is 1. The summed E-state index contributed by atoms with van der Waals surface area (Å²) in [5.74, 6) is -1.60. The Morgan fingerprint density at radius 1 is 0.900 bits per heavy atom. The topological polar surface area (TPSA) is 99.3 Å². The molecule has 0 aromatic heterocycles. The minimum absolute atomic E-state index is 0.0516. The van der Waals surface area contributed by atoms with Crippen LogP contribution in [0.5, 0.6) is 0 Å². The molecule has 0 aliphatic carbocycles. The largest absolute Gasteiger partial charge is 0.438 e. The van der Waals surface area contributed by atoms with E-state index in [1.807, 2.05) is 30.3 Å². The number of rotatable bonds is 6. The van der Waals surface area contributed by atoms with Gasteiger partial charge in [0.15, 0.2) is 12.1 Å². The second-order valence-corrected chi connectivity index (χ2v) is 9.75. The van der Waals surface area contributed by atoms with Crippen molar-refractivity contribution in [1.82, 2.24) is 14.7 Å². The van der Waals surface area contributed by atoms with E-state index in [9.17, 15) is 23.6 Å². The summed E-state index contributed by atoms with van der Waals surface area (Å²) < 4.78 is 19.9. The van der Waals surface area contributed by atoms with Gasteiger partial charge in [0.25, 0.3) is 5.91 Å². The smallest absolute Gasteiger partial charge is 0.411 e. The Morgan fingerprint density at radius 2 is 1.57 bits per heavy atom. The summed E-state index contributed by atoms with van der Waals surface area (Å²) in [5, 5.41) is 2.68. The number of carbonyl (C=O) groups excluding carboxylic acids is 4. The second kappa shape index (κ2) is 11.6. The van der Waals surface area contributed by atoms with E-state index < -0.39 is 30.0 Å². The number of nitrogens with zero attached hydrogens (tertiary/aromatic N) is 3. The van der Waals surface area contributed by atoms with Gasteiger partial charge in [-0.25, -0.2) is 9.18 Å². The van der Waals surface area contributed by atoms with E-state index in [0.29, 0.717) is 37.4 Å². The van der Waals surface area contributed by atoms with Gasteiger partial charge in [0.1, 0.15) is 5.82 Å². The summed E-state index contributed by atoms with van der Waals surface area (Å²) >= 11 is 0. The van der Waals surface area contributed by atoms with Crippen molar-refractivity contribution < 1.29 is 28.3 Å². The van der Waals surface area contributed by atoms with Gasteiger partial charge in [-0.2, -0.15) is 0 Å². The highest BCUT2D eigenvalue weighted by molar-refractivity contribution is 6.04. The van der Waals surface area contributed by atoms with Crippen LogP contribution in [0.2, 0.25) is 0 Å². The minimum atomic E-state index is -0.964. The van der Waals surface area contributed by atoms with E-state index in [-0.39, 0.29) is 23.9 Å². The van der Waals surface area contributed by atoms with Gasteiger partial charge in [-0.3, -0.25) is 19.3 Å². The first-order chi connectivity index (χ1) is 19.3. The fourth-order valence-electron chi connectivity index (χ4n) is 5.04. The van der Waals surface area contributed by atoms with Crippen molar-refractivity contribution in [2.45, 2.75) is 25.6 Å². The number of halogens is 1. The number of ether oxygens (including phenoxy) is 1. The summed E-state index contributed by atoms with van der Waals surface area (Å²) in [6.45, 7) is 3.16. The van der Waals surface area contributed by atoms with E-state index in [2.05, 4.69) is 5.32 Å². The molecule has 2 aliphatic rings. The molecule has 2 saturated heterocycles. The van der Waals surface area contributed by atoms with Crippen molar-refractivity contribution in [2.24, 2.45) is 0 Å². The number of piperazine rings is 1. The molecule has 0 radical (unpaired) electrons. The number of hydrogen-bond donors (Lipinski definition) is 1. The maximum Gasteiger partial charge on any atom is 0.411 e. The van der Waals surface area contributed by atoms with Crippen LogP contribution >= 0.6 is 0 Å². The van der Waals surface area contributed by atoms with Crippen molar-refractivity contribution in [3.63, 3.8) is 0 Å². The molecular formula is C30H29FN4O5. The highest BCUT2D eigenvalue weighted by Gasteiger charge is 2.48. The van der Waals surface area contributed by atoms with Gasteiger partial charge in [-0.1, -0.05) is 54.6 Å². The van der Waals surface area contributed by atoms with E-state index >= 15 is 0 Å². The van der Waals surface area contributed by atoms with Crippen molar-refractivity contribution in [3.05, 3.63) is 101 Å². The molecule has 0 bridgehead atoms. The molecule has 40 heavy (non-hydrogen) atoms. The first-order valence-electron chi connectivity index (χ1n) is 13.0. The molecule has 3 aromatic rings. The van der Waals surface area contributed by atoms with Gasteiger partial charge in [0.05, 0.1) is 12.1 Å². The molecule has 10 heteroatoms. The number of anilines is 1. The summed E-state index contributed by atoms with van der Waals surface area (Å²) in [6.07, 6.45) is -1.57. The van der Waals surface area contributed by atoms with Gasteiger partial charge in [-0.15, -0.1) is 0 Å². The zero-order chi connectivity index (χ0) is 28.2. The average Bonchev–Trinajstić information content (AvgIpc) is 3.29. The number of benzene rings is 3. The number of carbonyl (C=O) groups is 4. The van der Waals surface area contributed by atoms with Crippen molar-refractivity contribution in [3.8, 4) is 0 Å². The van der Waals surface area contributed by atoms with Crippen LogP contribution in [0.3, 0.4) is 0 Å². The van der Waals surface area contributed by atoms with Gasteiger partial charge in [0, 0.05) is 38.8 Å². The fourth-order valence-corrected chi connectivity index (χ4v) is 5.04. The minimum Gasteiger partial charge on any atom is -0.438 e. The molecule has 4 amide bonds. The first-order valence-corrected chi connectivity index (χ1v) is 13.0. The van der Waals surface area contributed by atoms with Gasteiger partial charge in [0.2, 0.25) is 11.8 Å². The molecule has 5 rings (SSSR count). The molecule has 0 saturated carbocycles. The molecule has 3 aromatic carbocycles. The summed E-state index contributed by atoms with van der Waals surface area (Å²) in [7, 11) is 0. The monoisotopic (exact) mass is 544 g/mol.